The largest absolute Gasteiger partial charge is 0.385 e. The minimum Gasteiger partial charge on any atom is -0.385 e. The van der Waals surface area contributed by atoms with E-state index >= 15 is 0 Å². The number of piperidine rings is 1. The number of benzene rings is 1. The third-order valence-electron chi connectivity index (χ3n) is 8.02. The normalized spacial score (nSPS) is 26.0. The second-order valence-electron chi connectivity index (χ2n) is 10.1. The van der Waals surface area contributed by atoms with E-state index in [0.717, 1.165) is 29.6 Å². The molecule has 0 spiro atoms. The van der Waals surface area contributed by atoms with Crippen LogP contribution in [0.2, 0.25) is 16.6 Å². The number of fused-ring (bicyclic) bond motifs is 1. The van der Waals surface area contributed by atoms with Crippen molar-refractivity contribution >= 4 is 25.0 Å². The van der Waals surface area contributed by atoms with Crippen molar-refractivity contribution < 1.29 is 14.0 Å². The molecule has 160 valence electrons. The van der Waals surface area contributed by atoms with Crippen LogP contribution in [0.4, 0.5) is 0 Å². The molecule has 2 aromatic rings. The minimum atomic E-state index is -2.06. The zero-order valence-electron chi connectivity index (χ0n) is 19.2. The van der Waals surface area contributed by atoms with Gasteiger partial charge in [-0.2, -0.15) is 0 Å². The fourth-order valence-electron chi connectivity index (χ4n) is 7.08. The highest BCUT2D eigenvalue weighted by Gasteiger charge is 2.65. The van der Waals surface area contributed by atoms with Crippen molar-refractivity contribution in [1.29, 1.82) is 0 Å². The average Bonchev–Trinajstić information content (AvgIpc) is 3.10. The van der Waals surface area contributed by atoms with E-state index in [9.17, 15) is 9.90 Å². The molecule has 0 radical (unpaired) electrons. The lowest BCUT2D eigenvalue weighted by atomic mass is 9.84. The van der Waals surface area contributed by atoms with Gasteiger partial charge in [0.25, 0.3) is 5.91 Å². The maximum Gasteiger partial charge on any atom is 0.300 e. The summed E-state index contributed by atoms with van der Waals surface area (Å²) in [6.45, 7) is 17.3. The van der Waals surface area contributed by atoms with Crippen LogP contribution >= 0.6 is 0 Å². The monoisotopic (exact) mass is 415 g/mol. The van der Waals surface area contributed by atoms with Crippen LogP contribution in [0, 0.1) is 0 Å². The van der Waals surface area contributed by atoms with Crippen molar-refractivity contribution in [2.75, 3.05) is 13.1 Å². The topological polar surface area (TPSA) is 53.1 Å². The van der Waals surface area contributed by atoms with Crippen molar-refractivity contribution in [1.82, 2.24) is 4.98 Å². The Balaban J connectivity index is 2.01. The highest BCUT2D eigenvalue weighted by Crippen LogP contribution is 2.51. The molecule has 1 aliphatic rings. The summed E-state index contributed by atoms with van der Waals surface area (Å²) in [5.41, 5.74) is 2.74. The van der Waals surface area contributed by atoms with Crippen molar-refractivity contribution in [2.45, 2.75) is 83.5 Å². The Labute approximate surface area is 177 Å². The third-order valence-corrected chi connectivity index (χ3v) is 15.8. The van der Waals surface area contributed by atoms with E-state index in [-0.39, 0.29) is 0 Å². The molecule has 0 bridgehead atoms. The Kier molecular flexibility index (Phi) is 5.89. The molecule has 29 heavy (non-hydrogen) atoms. The molecule has 5 heteroatoms. The van der Waals surface area contributed by atoms with Crippen LogP contribution in [0.25, 0.3) is 10.9 Å². The van der Waals surface area contributed by atoms with E-state index < -0.39 is 13.8 Å². The zero-order valence-corrected chi connectivity index (χ0v) is 20.2. The second-order valence-corrected chi connectivity index (χ2v) is 16.2. The van der Waals surface area contributed by atoms with Gasteiger partial charge in [0.05, 0.1) is 13.1 Å². The Hall–Kier alpha value is -1.43. The summed E-state index contributed by atoms with van der Waals surface area (Å²) < 4.78 is 0.620. The lowest BCUT2D eigenvalue weighted by Crippen LogP contribution is -2.77. The first-order valence-electron chi connectivity index (χ1n) is 11.2. The number of nitrogens with zero attached hydrogens (tertiary/aromatic N) is 1. The number of H-pyrrole nitrogens is 1. The molecule has 1 fully saturated rings. The number of rotatable bonds is 5. The molecule has 1 saturated heterocycles. The number of aliphatic hydroxyl groups is 1. The SMILES string of the molecule is CC(=O)[N+]1([Si](C(C)C)(C(C)C)C(C)C)CCC(O)(c2ccc3[nH]ccc3c2)CC1. The summed E-state index contributed by atoms with van der Waals surface area (Å²) in [6.07, 6.45) is 3.22. The molecule has 2 N–H and O–H groups in total. The quantitative estimate of drug-likeness (QED) is 0.617. The standard InChI is InChI=1S/C24H39N2O2Si/c1-17(2)29(18(3)4,19(5)6)26(20(7)27)14-11-24(28,12-15-26)22-8-9-23-21(16-22)10-13-25-23/h8-10,13,16-19,25,28H,11-12,14-15H2,1-7H3/q+1. The van der Waals surface area contributed by atoms with Crippen LogP contribution in [0.15, 0.2) is 30.5 Å². The van der Waals surface area contributed by atoms with E-state index in [4.69, 9.17) is 0 Å². The van der Waals surface area contributed by atoms with Gasteiger partial charge in [0.1, 0.15) is 5.60 Å². The van der Waals surface area contributed by atoms with Gasteiger partial charge < -0.3 is 14.2 Å². The molecule has 0 aliphatic carbocycles. The molecule has 4 nitrogen and oxygen atoms in total. The predicted octanol–water partition coefficient (Wildman–Crippen LogP) is 5.69. The number of carbonyl (C=O) groups excluding carboxylic acids is 1. The number of aromatic amines is 1. The lowest BCUT2D eigenvalue weighted by molar-refractivity contribution is -0.770. The van der Waals surface area contributed by atoms with Gasteiger partial charge in [-0.15, -0.1) is 0 Å². The Morgan fingerprint density at radius 1 is 1.03 bits per heavy atom. The van der Waals surface area contributed by atoms with E-state index in [1.54, 1.807) is 6.92 Å². The number of hydrogen-bond acceptors (Lipinski definition) is 2. The van der Waals surface area contributed by atoms with Gasteiger partial charge in [0, 0.05) is 48.1 Å². The summed E-state index contributed by atoms with van der Waals surface area (Å²) in [6, 6.07) is 8.26. The molecule has 1 aliphatic heterocycles. The first kappa shape index (κ1) is 22.3. The summed E-state index contributed by atoms with van der Waals surface area (Å²) >= 11 is 0. The van der Waals surface area contributed by atoms with Gasteiger partial charge in [-0.25, -0.2) is 4.79 Å². The van der Waals surface area contributed by atoms with Gasteiger partial charge in [0.15, 0.2) is 0 Å². The van der Waals surface area contributed by atoms with Gasteiger partial charge in [-0.3, -0.25) is 0 Å². The maximum absolute atomic E-state index is 13.3. The summed E-state index contributed by atoms with van der Waals surface area (Å²) in [5, 5.41) is 12.7. The minimum absolute atomic E-state index is 0.302. The molecular weight excluding hydrogens is 376 g/mol. The maximum atomic E-state index is 13.3. The van der Waals surface area contributed by atoms with E-state index in [0.29, 0.717) is 39.5 Å². The number of aromatic nitrogens is 1. The molecule has 1 aromatic heterocycles. The summed E-state index contributed by atoms with van der Waals surface area (Å²) in [4.78, 5) is 16.5. The summed E-state index contributed by atoms with van der Waals surface area (Å²) in [5.74, 6) is 0.302. The van der Waals surface area contributed by atoms with Crippen molar-refractivity contribution in [3.63, 3.8) is 0 Å². The molecular formula is C24H39N2O2Si+. The molecule has 0 atom stereocenters. The highest BCUT2D eigenvalue weighted by molar-refractivity contribution is 6.78. The molecule has 0 saturated carbocycles. The van der Waals surface area contributed by atoms with E-state index in [1.165, 1.54) is 0 Å². The van der Waals surface area contributed by atoms with Crippen LogP contribution < -0.4 is 0 Å². The predicted molar refractivity (Wildman–Crippen MR) is 123 cm³/mol. The van der Waals surface area contributed by atoms with E-state index in [1.807, 2.05) is 12.3 Å². The van der Waals surface area contributed by atoms with Crippen molar-refractivity contribution in [3.8, 4) is 0 Å². The number of likely N-dealkylation sites (tertiary alicyclic amines) is 1. The van der Waals surface area contributed by atoms with Gasteiger partial charge >= 0.3 is 8.24 Å². The second kappa shape index (κ2) is 7.68. The summed E-state index contributed by atoms with van der Waals surface area (Å²) in [7, 11) is -2.06. The lowest BCUT2D eigenvalue weighted by Gasteiger charge is -2.59. The Morgan fingerprint density at radius 2 is 1.59 bits per heavy atom. The first-order valence-corrected chi connectivity index (χ1v) is 13.4. The smallest absolute Gasteiger partial charge is 0.300 e. The number of nitrogens with one attached hydrogen (secondary N) is 1. The number of quaternary nitrogens is 1. The molecule has 3 rings (SSSR count). The van der Waals surface area contributed by atoms with Gasteiger partial charge in [0.2, 0.25) is 0 Å². The van der Waals surface area contributed by atoms with E-state index in [2.05, 4.69) is 64.7 Å². The molecule has 1 amide bonds. The molecule has 0 unspecified atom stereocenters. The molecule has 1 aromatic carbocycles. The Bertz CT molecular complexity index is 854. The van der Waals surface area contributed by atoms with Crippen LogP contribution in [-0.2, 0) is 10.4 Å². The zero-order chi connectivity index (χ0) is 21.6. The average molecular weight is 416 g/mol. The number of carbonyl (C=O) groups is 1. The van der Waals surface area contributed by atoms with Crippen LogP contribution in [0.3, 0.4) is 0 Å². The van der Waals surface area contributed by atoms with Crippen LogP contribution in [-0.4, -0.2) is 41.5 Å². The van der Waals surface area contributed by atoms with Crippen LogP contribution in [0.1, 0.15) is 66.9 Å². The highest BCUT2D eigenvalue weighted by atomic mass is 28.3. The Morgan fingerprint density at radius 3 is 2.07 bits per heavy atom. The van der Waals surface area contributed by atoms with Gasteiger partial charge in [-0.05, 0) is 29.1 Å². The van der Waals surface area contributed by atoms with Crippen molar-refractivity contribution in [2.24, 2.45) is 0 Å². The van der Waals surface area contributed by atoms with Crippen molar-refractivity contribution in [3.05, 3.63) is 36.0 Å². The van der Waals surface area contributed by atoms with Crippen LogP contribution in [0.5, 0.6) is 0 Å². The fraction of sp³-hybridized carbons (Fsp3) is 0.625. The number of amides is 1. The molecule has 2 heterocycles. The first-order chi connectivity index (χ1) is 13.5. The third kappa shape index (κ3) is 3.22. The number of hydrogen-bond donors (Lipinski definition) is 2. The van der Waals surface area contributed by atoms with Gasteiger partial charge in [-0.1, -0.05) is 47.6 Å². The fourth-order valence-corrected chi connectivity index (χ4v) is 15.6.